The number of aliphatic hydroxyl groups is 1. The van der Waals surface area contributed by atoms with Crippen LogP contribution in [0.2, 0.25) is 0 Å². The maximum Gasteiger partial charge on any atom is 0.238 e. The molecule has 0 aromatic heterocycles. The number of carbonyl (C=O) groups excluding carboxylic acids is 1. The molecule has 0 radical (unpaired) electrons. The van der Waals surface area contributed by atoms with Crippen LogP contribution in [0, 0.1) is 0 Å². The number of amides is 1. The summed E-state index contributed by atoms with van der Waals surface area (Å²) in [4.78, 5) is 17.6. The first kappa shape index (κ1) is 23.0. The maximum atomic E-state index is 13.1. The number of nitrogens with one attached hydrogen (secondary N) is 1. The Morgan fingerprint density at radius 1 is 0.879 bits per heavy atom. The Bertz CT molecular complexity index is 947. The highest BCUT2D eigenvalue weighted by atomic mass is 16.3. The van der Waals surface area contributed by atoms with E-state index in [2.05, 4.69) is 51.5 Å². The number of anilines is 2. The number of nitrogens with zero attached hydrogens (tertiary/aromatic N) is 2. The van der Waals surface area contributed by atoms with Gasteiger partial charge in [-0.2, -0.15) is 0 Å². The van der Waals surface area contributed by atoms with Gasteiger partial charge < -0.3 is 15.3 Å². The number of carbonyl (C=O) groups is 1. The van der Waals surface area contributed by atoms with Crippen LogP contribution in [0.1, 0.15) is 36.4 Å². The van der Waals surface area contributed by atoms with E-state index in [1.54, 1.807) is 0 Å². The van der Waals surface area contributed by atoms with Gasteiger partial charge in [-0.05, 0) is 54.7 Å². The smallest absolute Gasteiger partial charge is 0.238 e. The van der Waals surface area contributed by atoms with Crippen LogP contribution in [0.15, 0.2) is 84.9 Å². The van der Waals surface area contributed by atoms with Gasteiger partial charge in [0.05, 0.1) is 12.6 Å². The maximum absolute atomic E-state index is 13.1. The summed E-state index contributed by atoms with van der Waals surface area (Å²) < 4.78 is 0. The minimum absolute atomic E-state index is 0.0567. The van der Waals surface area contributed by atoms with Crippen molar-refractivity contribution in [2.75, 3.05) is 43.0 Å². The van der Waals surface area contributed by atoms with Gasteiger partial charge in [-0.15, -0.1) is 0 Å². The van der Waals surface area contributed by atoms with Crippen molar-refractivity contribution in [2.24, 2.45) is 0 Å². The number of hydrogen-bond donors (Lipinski definition) is 2. The van der Waals surface area contributed by atoms with Gasteiger partial charge in [0, 0.05) is 37.6 Å². The summed E-state index contributed by atoms with van der Waals surface area (Å²) >= 11 is 0. The molecule has 3 aromatic carbocycles. The van der Waals surface area contributed by atoms with E-state index >= 15 is 0 Å². The highest BCUT2D eigenvalue weighted by Gasteiger charge is 2.24. The van der Waals surface area contributed by atoms with Gasteiger partial charge in [-0.3, -0.25) is 9.69 Å². The number of benzene rings is 3. The third-order valence-electron chi connectivity index (χ3n) is 6.17. The molecule has 0 saturated carbocycles. The van der Waals surface area contributed by atoms with Crippen LogP contribution in [-0.4, -0.2) is 48.7 Å². The molecule has 33 heavy (non-hydrogen) atoms. The third-order valence-corrected chi connectivity index (χ3v) is 6.17. The van der Waals surface area contributed by atoms with Gasteiger partial charge in [0.1, 0.15) is 0 Å². The minimum Gasteiger partial charge on any atom is -0.396 e. The van der Waals surface area contributed by atoms with Crippen molar-refractivity contribution in [3.63, 3.8) is 0 Å². The third kappa shape index (κ3) is 6.21. The van der Waals surface area contributed by atoms with Crippen LogP contribution in [0.3, 0.4) is 0 Å². The average Bonchev–Trinajstić information content (AvgIpc) is 3.39. The quantitative estimate of drug-likeness (QED) is 0.477. The molecule has 1 amide bonds. The van der Waals surface area contributed by atoms with E-state index in [1.807, 2.05) is 48.5 Å². The van der Waals surface area contributed by atoms with Gasteiger partial charge in [0.15, 0.2) is 0 Å². The van der Waals surface area contributed by atoms with Crippen molar-refractivity contribution in [3.05, 3.63) is 96.1 Å². The molecule has 0 unspecified atom stereocenters. The molecule has 5 heteroatoms. The molecule has 0 spiro atoms. The van der Waals surface area contributed by atoms with Crippen molar-refractivity contribution in [1.82, 2.24) is 4.90 Å². The second-order valence-corrected chi connectivity index (χ2v) is 8.56. The Balaban J connectivity index is 1.50. The molecule has 3 aromatic rings. The van der Waals surface area contributed by atoms with Crippen molar-refractivity contribution < 1.29 is 9.90 Å². The molecule has 0 aliphatic carbocycles. The fourth-order valence-electron chi connectivity index (χ4n) is 4.57. The van der Waals surface area contributed by atoms with E-state index in [1.165, 1.54) is 18.5 Å². The Hall–Kier alpha value is -3.15. The van der Waals surface area contributed by atoms with Crippen LogP contribution in [0.4, 0.5) is 11.4 Å². The topological polar surface area (TPSA) is 55.8 Å². The molecule has 1 aliphatic rings. The molecule has 0 bridgehead atoms. The molecular formula is C28H33N3O2. The van der Waals surface area contributed by atoms with Gasteiger partial charge >= 0.3 is 0 Å². The Labute approximate surface area is 196 Å². The number of rotatable bonds is 10. The van der Waals surface area contributed by atoms with Gasteiger partial charge in [0.25, 0.3) is 0 Å². The van der Waals surface area contributed by atoms with Gasteiger partial charge in [0.2, 0.25) is 5.91 Å². The van der Waals surface area contributed by atoms with E-state index < -0.39 is 0 Å². The predicted molar refractivity (Wildman–Crippen MR) is 135 cm³/mol. The molecule has 5 nitrogen and oxygen atoms in total. The largest absolute Gasteiger partial charge is 0.396 e. The molecule has 1 aliphatic heterocycles. The minimum atomic E-state index is -0.0674. The summed E-state index contributed by atoms with van der Waals surface area (Å²) in [7, 11) is 0. The summed E-state index contributed by atoms with van der Waals surface area (Å²) in [6, 6.07) is 28.6. The number of aliphatic hydroxyl groups excluding tert-OH is 1. The van der Waals surface area contributed by atoms with E-state index in [0.717, 1.165) is 29.9 Å². The second-order valence-electron chi connectivity index (χ2n) is 8.56. The van der Waals surface area contributed by atoms with Gasteiger partial charge in [-0.1, -0.05) is 60.7 Å². The zero-order valence-corrected chi connectivity index (χ0v) is 19.1. The molecule has 1 saturated heterocycles. The standard InChI is InChI=1S/C28H33N3O2/c32-21-9-20-31(28(23-10-3-1-4-11-23)24-12-5-2-6-13-24)22-27(33)29-25-14-16-26(17-15-25)30-18-7-8-19-30/h1-6,10-17,28,32H,7-9,18-22H2,(H,29,33). The molecule has 0 atom stereocenters. The SMILES string of the molecule is O=C(CN(CCCO)C(c1ccccc1)c1ccccc1)Nc1ccc(N2CCCC2)cc1. The molecule has 1 fully saturated rings. The van der Waals surface area contributed by atoms with Crippen molar-refractivity contribution in [3.8, 4) is 0 Å². The molecular weight excluding hydrogens is 410 g/mol. The Morgan fingerprint density at radius 3 is 2.00 bits per heavy atom. The lowest BCUT2D eigenvalue weighted by Crippen LogP contribution is -2.37. The van der Waals surface area contributed by atoms with E-state index in [-0.39, 0.29) is 25.1 Å². The predicted octanol–water partition coefficient (Wildman–Crippen LogP) is 4.70. The lowest BCUT2D eigenvalue weighted by molar-refractivity contribution is -0.117. The summed E-state index contributed by atoms with van der Waals surface area (Å²) in [5, 5.41) is 12.6. The normalized spacial score (nSPS) is 13.6. The fraction of sp³-hybridized carbons (Fsp3) is 0.321. The monoisotopic (exact) mass is 443 g/mol. The average molecular weight is 444 g/mol. The zero-order chi connectivity index (χ0) is 22.9. The molecule has 4 rings (SSSR count). The van der Waals surface area contributed by atoms with Crippen LogP contribution >= 0.6 is 0 Å². The first-order valence-corrected chi connectivity index (χ1v) is 11.8. The lowest BCUT2D eigenvalue weighted by atomic mass is 9.96. The lowest BCUT2D eigenvalue weighted by Gasteiger charge is -2.32. The van der Waals surface area contributed by atoms with Gasteiger partial charge in [-0.25, -0.2) is 0 Å². The molecule has 2 N–H and O–H groups in total. The number of hydrogen-bond acceptors (Lipinski definition) is 4. The summed E-state index contributed by atoms with van der Waals surface area (Å²) in [6.45, 7) is 3.15. The second kappa shape index (κ2) is 11.6. The van der Waals surface area contributed by atoms with E-state index in [0.29, 0.717) is 13.0 Å². The Kier molecular flexibility index (Phi) is 8.12. The van der Waals surface area contributed by atoms with Crippen LogP contribution < -0.4 is 10.2 Å². The first-order valence-electron chi connectivity index (χ1n) is 11.8. The van der Waals surface area contributed by atoms with Crippen molar-refractivity contribution in [1.29, 1.82) is 0 Å². The van der Waals surface area contributed by atoms with E-state index in [9.17, 15) is 9.90 Å². The summed E-state index contributed by atoms with van der Waals surface area (Å²) in [5.74, 6) is -0.0567. The highest BCUT2D eigenvalue weighted by Crippen LogP contribution is 2.29. The zero-order valence-electron chi connectivity index (χ0n) is 19.1. The van der Waals surface area contributed by atoms with E-state index in [4.69, 9.17) is 0 Å². The molecule has 172 valence electrons. The Morgan fingerprint density at radius 2 is 1.45 bits per heavy atom. The van der Waals surface area contributed by atoms with Crippen molar-refractivity contribution in [2.45, 2.75) is 25.3 Å². The first-order chi connectivity index (χ1) is 16.2. The summed E-state index contributed by atoms with van der Waals surface area (Å²) in [5.41, 5.74) is 4.28. The summed E-state index contributed by atoms with van der Waals surface area (Å²) in [6.07, 6.45) is 3.09. The van der Waals surface area contributed by atoms with Crippen molar-refractivity contribution >= 4 is 17.3 Å². The molecule has 1 heterocycles. The van der Waals surface area contributed by atoms with Crippen LogP contribution in [-0.2, 0) is 4.79 Å². The fourth-order valence-corrected chi connectivity index (χ4v) is 4.57. The van der Waals surface area contributed by atoms with Crippen LogP contribution in [0.5, 0.6) is 0 Å². The highest BCUT2D eigenvalue weighted by molar-refractivity contribution is 5.92. The van der Waals surface area contributed by atoms with Crippen LogP contribution in [0.25, 0.3) is 0 Å².